The number of nitrogens with zero attached hydrogens (tertiary/aromatic N) is 2. The van der Waals surface area contributed by atoms with E-state index in [1.165, 1.54) is 35.6 Å². The Balaban J connectivity index is 1.89. The van der Waals surface area contributed by atoms with E-state index in [1.807, 2.05) is 0 Å². The number of hydrogen-bond donors (Lipinski definition) is 0. The van der Waals surface area contributed by atoms with E-state index in [-0.39, 0.29) is 0 Å². The molecule has 2 heteroatoms. The van der Waals surface area contributed by atoms with Crippen LogP contribution < -0.4 is 9.80 Å². The summed E-state index contributed by atoms with van der Waals surface area (Å²) >= 11 is 0. The minimum atomic E-state index is 0.554. The molecule has 2 aromatic carbocycles. The van der Waals surface area contributed by atoms with Gasteiger partial charge >= 0.3 is 0 Å². The Morgan fingerprint density at radius 2 is 1.23 bits per heavy atom. The molecular formula is C20H24N2. The zero-order chi connectivity index (χ0) is 15.1. The third-order valence-corrected chi connectivity index (χ3v) is 5.37. The summed E-state index contributed by atoms with van der Waals surface area (Å²) in [5, 5.41) is 0. The van der Waals surface area contributed by atoms with Crippen LogP contribution in [0, 0.1) is 5.92 Å². The predicted molar refractivity (Wildman–Crippen MR) is 94.0 cm³/mol. The Bertz CT molecular complexity index is 621. The van der Waals surface area contributed by atoms with Crippen LogP contribution in [0.1, 0.15) is 30.9 Å². The normalized spacial score (nSPS) is 22.8. The van der Waals surface area contributed by atoms with Crippen LogP contribution in [0.5, 0.6) is 0 Å². The zero-order valence-corrected chi connectivity index (χ0v) is 13.5. The van der Waals surface area contributed by atoms with Crippen molar-refractivity contribution >= 4 is 11.4 Å². The molecule has 22 heavy (non-hydrogen) atoms. The Morgan fingerprint density at radius 1 is 0.773 bits per heavy atom. The predicted octanol–water partition coefficient (Wildman–Crippen LogP) is 4.11. The molecule has 0 spiro atoms. The molecule has 0 saturated carbocycles. The highest BCUT2D eigenvalue weighted by Gasteiger charge is 2.39. The molecule has 2 aliphatic rings. The number of benzene rings is 2. The van der Waals surface area contributed by atoms with E-state index in [0.29, 0.717) is 11.8 Å². The summed E-state index contributed by atoms with van der Waals surface area (Å²) in [5.74, 6) is 1.24. The van der Waals surface area contributed by atoms with Crippen LogP contribution in [0.15, 0.2) is 48.5 Å². The quantitative estimate of drug-likeness (QED) is 0.821. The van der Waals surface area contributed by atoms with Gasteiger partial charge in [0.1, 0.15) is 0 Å². The molecule has 2 heterocycles. The lowest BCUT2D eigenvalue weighted by Crippen LogP contribution is -2.47. The van der Waals surface area contributed by atoms with Gasteiger partial charge in [-0.15, -0.1) is 0 Å². The van der Waals surface area contributed by atoms with E-state index in [4.69, 9.17) is 0 Å². The van der Waals surface area contributed by atoms with Crippen LogP contribution in [0.2, 0.25) is 0 Å². The van der Waals surface area contributed by atoms with Crippen LogP contribution in [0.4, 0.5) is 11.4 Å². The van der Waals surface area contributed by atoms with Gasteiger partial charge in [0, 0.05) is 49.4 Å². The number of fused-ring (bicyclic) bond motifs is 5. The lowest BCUT2D eigenvalue weighted by atomic mass is 9.73. The minimum Gasteiger partial charge on any atom is -0.371 e. The smallest absolute Gasteiger partial charge is 0.0405 e. The average Bonchev–Trinajstić information content (AvgIpc) is 2.59. The van der Waals surface area contributed by atoms with E-state index in [1.54, 1.807) is 0 Å². The Morgan fingerprint density at radius 3 is 1.68 bits per heavy atom. The molecule has 0 fully saturated rings. The Labute approximate surface area is 133 Å². The molecule has 2 aliphatic heterocycles. The molecule has 4 rings (SSSR count). The summed E-state index contributed by atoms with van der Waals surface area (Å²) in [4.78, 5) is 5.11. The topological polar surface area (TPSA) is 6.48 Å². The zero-order valence-electron chi connectivity index (χ0n) is 13.5. The fourth-order valence-corrected chi connectivity index (χ4v) is 4.38. The lowest BCUT2D eigenvalue weighted by Gasteiger charge is -2.47. The van der Waals surface area contributed by atoms with Gasteiger partial charge in [0.05, 0.1) is 0 Å². The van der Waals surface area contributed by atoms with Crippen LogP contribution in [0.25, 0.3) is 0 Å². The highest BCUT2D eigenvalue weighted by molar-refractivity contribution is 5.67. The summed E-state index contributed by atoms with van der Waals surface area (Å²) in [6.07, 6.45) is 0. The Hall–Kier alpha value is -1.96. The third-order valence-electron chi connectivity index (χ3n) is 5.37. The maximum atomic E-state index is 2.55. The first-order chi connectivity index (χ1) is 10.8. The second-order valence-electron chi connectivity index (χ2n) is 6.43. The summed E-state index contributed by atoms with van der Waals surface area (Å²) in [6, 6.07) is 18.0. The molecule has 0 N–H and O–H groups in total. The summed E-state index contributed by atoms with van der Waals surface area (Å²) in [5.41, 5.74) is 5.91. The van der Waals surface area contributed by atoms with E-state index in [9.17, 15) is 0 Å². The van der Waals surface area contributed by atoms with E-state index >= 15 is 0 Å². The molecule has 0 radical (unpaired) electrons. The molecule has 0 bridgehead atoms. The molecule has 2 nitrogen and oxygen atoms in total. The van der Waals surface area contributed by atoms with Gasteiger partial charge in [0.15, 0.2) is 0 Å². The van der Waals surface area contributed by atoms with Crippen molar-refractivity contribution in [1.82, 2.24) is 0 Å². The van der Waals surface area contributed by atoms with E-state index in [2.05, 4.69) is 72.2 Å². The van der Waals surface area contributed by atoms with Crippen LogP contribution in [-0.4, -0.2) is 26.2 Å². The molecule has 0 amide bonds. The molecule has 0 aliphatic carbocycles. The largest absolute Gasteiger partial charge is 0.371 e. The highest BCUT2D eigenvalue weighted by atomic mass is 15.2. The first-order valence-corrected chi connectivity index (χ1v) is 8.51. The van der Waals surface area contributed by atoms with E-state index in [0.717, 1.165) is 13.1 Å². The molecule has 0 atom stereocenters. The van der Waals surface area contributed by atoms with Crippen LogP contribution in [-0.2, 0) is 0 Å². The second kappa shape index (κ2) is 5.35. The van der Waals surface area contributed by atoms with Crippen molar-refractivity contribution in [3.63, 3.8) is 0 Å². The van der Waals surface area contributed by atoms with Crippen molar-refractivity contribution < 1.29 is 0 Å². The molecule has 0 saturated heterocycles. The SMILES string of the molecule is CCN1CC2CN(CC)c3ccccc3C2c2ccccc21. The van der Waals surface area contributed by atoms with Gasteiger partial charge in [-0.3, -0.25) is 0 Å². The van der Waals surface area contributed by atoms with Crippen molar-refractivity contribution in [2.24, 2.45) is 5.92 Å². The third kappa shape index (κ3) is 1.93. The molecule has 2 aromatic rings. The molecule has 0 unspecified atom stereocenters. The number of para-hydroxylation sites is 2. The van der Waals surface area contributed by atoms with Crippen molar-refractivity contribution in [3.8, 4) is 0 Å². The van der Waals surface area contributed by atoms with Crippen LogP contribution in [0.3, 0.4) is 0 Å². The summed E-state index contributed by atoms with van der Waals surface area (Å²) < 4.78 is 0. The first kappa shape index (κ1) is 13.7. The highest BCUT2D eigenvalue weighted by Crippen LogP contribution is 2.48. The van der Waals surface area contributed by atoms with Gasteiger partial charge in [-0.2, -0.15) is 0 Å². The fourth-order valence-electron chi connectivity index (χ4n) is 4.38. The lowest BCUT2D eigenvalue weighted by molar-refractivity contribution is 0.422. The van der Waals surface area contributed by atoms with Gasteiger partial charge in [-0.1, -0.05) is 36.4 Å². The van der Waals surface area contributed by atoms with E-state index < -0.39 is 0 Å². The Kier molecular flexibility index (Phi) is 3.33. The average molecular weight is 292 g/mol. The molecule has 0 aromatic heterocycles. The fraction of sp³-hybridized carbons (Fsp3) is 0.400. The van der Waals surface area contributed by atoms with Gasteiger partial charge in [-0.25, -0.2) is 0 Å². The summed E-state index contributed by atoms with van der Waals surface area (Å²) in [6.45, 7) is 9.06. The number of rotatable bonds is 2. The maximum Gasteiger partial charge on any atom is 0.0405 e. The number of hydrogen-bond acceptors (Lipinski definition) is 2. The van der Waals surface area contributed by atoms with Gasteiger partial charge < -0.3 is 9.80 Å². The van der Waals surface area contributed by atoms with Gasteiger partial charge in [0.25, 0.3) is 0 Å². The monoisotopic (exact) mass is 292 g/mol. The molecule has 114 valence electrons. The van der Waals surface area contributed by atoms with Crippen molar-refractivity contribution in [3.05, 3.63) is 59.7 Å². The summed E-state index contributed by atoms with van der Waals surface area (Å²) in [7, 11) is 0. The second-order valence-corrected chi connectivity index (χ2v) is 6.43. The van der Waals surface area contributed by atoms with Crippen molar-refractivity contribution in [2.75, 3.05) is 36.0 Å². The van der Waals surface area contributed by atoms with Gasteiger partial charge in [0.2, 0.25) is 0 Å². The minimum absolute atomic E-state index is 0.554. The standard InChI is InChI=1S/C20H24N2/c1-3-21-13-15-14-22(4-2)19-12-8-6-10-17(19)20(15)16-9-5-7-11-18(16)21/h5-12,15,20H,3-4,13-14H2,1-2H3. The van der Waals surface area contributed by atoms with Gasteiger partial charge in [-0.05, 0) is 37.1 Å². The maximum absolute atomic E-state index is 2.55. The number of anilines is 2. The first-order valence-electron chi connectivity index (χ1n) is 8.51. The van der Waals surface area contributed by atoms with Crippen LogP contribution >= 0.6 is 0 Å². The van der Waals surface area contributed by atoms with Crippen molar-refractivity contribution in [2.45, 2.75) is 19.8 Å². The van der Waals surface area contributed by atoms with Crippen molar-refractivity contribution in [1.29, 1.82) is 0 Å². The molecular weight excluding hydrogens is 268 g/mol.